The van der Waals surface area contributed by atoms with Crippen LogP contribution in [0.15, 0.2) is 21.1 Å². The van der Waals surface area contributed by atoms with Gasteiger partial charge in [-0.15, -0.1) is 11.3 Å². The maximum atomic E-state index is 12.9. The predicted octanol–water partition coefficient (Wildman–Crippen LogP) is 5.98. The van der Waals surface area contributed by atoms with Crippen molar-refractivity contribution in [2.45, 2.75) is 46.2 Å². The number of amides is 1. The van der Waals surface area contributed by atoms with Gasteiger partial charge in [0.1, 0.15) is 16.9 Å². The van der Waals surface area contributed by atoms with E-state index in [9.17, 15) is 9.90 Å². The maximum Gasteiger partial charge on any atom is 0.256 e. The highest BCUT2D eigenvalue weighted by Gasteiger charge is 2.36. The van der Waals surface area contributed by atoms with Crippen LogP contribution in [0.3, 0.4) is 0 Å². The number of aromatic hydroxyl groups is 1. The van der Waals surface area contributed by atoms with Crippen molar-refractivity contribution in [3.63, 3.8) is 0 Å². The van der Waals surface area contributed by atoms with E-state index in [-0.39, 0.29) is 23.2 Å². The lowest BCUT2D eigenvalue weighted by Gasteiger charge is -2.34. The van der Waals surface area contributed by atoms with Crippen molar-refractivity contribution >= 4 is 54.1 Å². The second-order valence-corrected chi connectivity index (χ2v) is 11.2. The van der Waals surface area contributed by atoms with Crippen molar-refractivity contribution in [1.29, 1.82) is 0 Å². The van der Waals surface area contributed by atoms with E-state index in [1.165, 1.54) is 10.4 Å². The van der Waals surface area contributed by atoms with Crippen molar-refractivity contribution in [1.82, 2.24) is 5.32 Å². The van der Waals surface area contributed by atoms with Crippen molar-refractivity contribution in [2.24, 2.45) is 11.3 Å². The molecule has 1 amide bonds. The first-order valence-electron chi connectivity index (χ1n) is 9.05. The molecule has 2 atom stereocenters. The second-order valence-electron chi connectivity index (χ2n) is 8.39. The van der Waals surface area contributed by atoms with Gasteiger partial charge in [-0.2, -0.15) is 0 Å². The summed E-state index contributed by atoms with van der Waals surface area (Å²) in [5.74, 6) is 0.754. The highest BCUT2D eigenvalue weighted by atomic mass is 79.9. The van der Waals surface area contributed by atoms with Crippen molar-refractivity contribution in [3.8, 4) is 5.75 Å². The van der Waals surface area contributed by atoms with Gasteiger partial charge in [0, 0.05) is 14.9 Å². The predicted molar refractivity (Wildman–Crippen MR) is 117 cm³/mol. The number of rotatable bonds is 1. The summed E-state index contributed by atoms with van der Waals surface area (Å²) >= 11 is 8.56. The average Bonchev–Trinajstić information content (AvgIpc) is 2.95. The minimum absolute atomic E-state index is 0.0326. The third kappa shape index (κ3) is 3.42. The molecule has 2 aromatic rings. The topological polar surface area (TPSA) is 61.4 Å². The number of thiophene rings is 1. The number of halogens is 2. The SMILES string of the molecule is CC(C)(C)[C@H]1CCc2c(sc3c2C(=O)N[C@@H](c2cc(O)c(Br)cc2Br)N3)C1. The third-order valence-corrected chi connectivity index (χ3v) is 8.15. The summed E-state index contributed by atoms with van der Waals surface area (Å²) in [6.07, 6.45) is 2.75. The first-order valence-corrected chi connectivity index (χ1v) is 11.4. The quantitative estimate of drug-likeness (QED) is 0.439. The van der Waals surface area contributed by atoms with Gasteiger partial charge in [-0.1, -0.05) is 36.7 Å². The number of phenolic OH excluding ortho intramolecular Hbond substituents is 1. The van der Waals surface area contributed by atoms with Crippen LogP contribution in [0.1, 0.15) is 59.7 Å². The van der Waals surface area contributed by atoms with Gasteiger partial charge in [-0.3, -0.25) is 4.79 Å². The van der Waals surface area contributed by atoms with Crippen LogP contribution < -0.4 is 10.6 Å². The van der Waals surface area contributed by atoms with E-state index in [1.54, 1.807) is 23.5 Å². The molecule has 1 aliphatic carbocycles. The van der Waals surface area contributed by atoms with Crippen molar-refractivity contribution in [3.05, 3.63) is 42.6 Å². The fourth-order valence-electron chi connectivity index (χ4n) is 3.97. The Morgan fingerprint density at radius 1 is 1.19 bits per heavy atom. The summed E-state index contributed by atoms with van der Waals surface area (Å²) in [6, 6.07) is 3.46. The molecule has 1 aromatic heterocycles. The number of carbonyl (C=O) groups excluding carboxylic acids is 1. The molecule has 0 spiro atoms. The molecule has 1 aromatic carbocycles. The molecule has 0 saturated heterocycles. The molecule has 0 radical (unpaired) electrons. The van der Waals surface area contributed by atoms with Gasteiger partial charge < -0.3 is 15.7 Å². The van der Waals surface area contributed by atoms with Crippen LogP contribution in [0, 0.1) is 11.3 Å². The van der Waals surface area contributed by atoms with E-state index < -0.39 is 0 Å². The molecule has 27 heavy (non-hydrogen) atoms. The van der Waals surface area contributed by atoms with E-state index in [4.69, 9.17) is 0 Å². The minimum Gasteiger partial charge on any atom is -0.507 e. The smallest absolute Gasteiger partial charge is 0.256 e. The number of nitrogens with one attached hydrogen (secondary N) is 2. The van der Waals surface area contributed by atoms with Gasteiger partial charge in [0.2, 0.25) is 0 Å². The third-order valence-electron chi connectivity index (χ3n) is 5.65. The molecule has 2 heterocycles. The van der Waals surface area contributed by atoms with Crippen molar-refractivity contribution in [2.75, 3.05) is 5.32 Å². The highest BCUT2D eigenvalue weighted by molar-refractivity contribution is 9.11. The first-order chi connectivity index (χ1) is 12.6. The molecule has 4 nitrogen and oxygen atoms in total. The van der Waals surface area contributed by atoms with Crippen LogP contribution in [0.5, 0.6) is 5.75 Å². The number of hydrogen-bond acceptors (Lipinski definition) is 4. The molecule has 0 saturated carbocycles. The van der Waals surface area contributed by atoms with Crippen LogP contribution in [0.4, 0.5) is 5.00 Å². The summed E-state index contributed by atoms with van der Waals surface area (Å²) in [6.45, 7) is 6.90. The molecule has 2 aliphatic rings. The molecule has 0 fully saturated rings. The normalized spacial score (nSPS) is 21.9. The van der Waals surface area contributed by atoms with Gasteiger partial charge in [0.05, 0.1) is 10.0 Å². The maximum absolute atomic E-state index is 12.9. The molecule has 144 valence electrons. The van der Waals surface area contributed by atoms with Crippen LogP contribution in [-0.2, 0) is 12.8 Å². The van der Waals surface area contributed by atoms with E-state index in [1.807, 2.05) is 0 Å². The van der Waals surface area contributed by atoms with Crippen LogP contribution in [-0.4, -0.2) is 11.0 Å². The zero-order valence-corrected chi connectivity index (χ0v) is 19.4. The Balaban J connectivity index is 1.68. The number of benzene rings is 1. The Morgan fingerprint density at radius 2 is 1.93 bits per heavy atom. The molecular weight excluding hydrogens is 492 g/mol. The number of fused-ring (bicyclic) bond motifs is 3. The Morgan fingerprint density at radius 3 is 2.63 bits per heavy atom. The molecule has 4 rings (SSSR count). The summed E-state index contributed by atoms with van der Waals surface area (Å²) in [4.78, 5) is 14.3. The van der Waals surface area contributed by atoms with Gasteiger partial charge in [0.15, 0.2) is 0 Å². The van der Waals surface area contributed by atoms with E-state index in [0.29, 0.717) is 10.4 Å². The highest BCUT2D eigenvalue weighted by Crippen LogP contribution is 2.46. The number of carbonyl (C=O) groups is 1. The second kappa shape index (κ2) is 6.78. The lowest BCUT2D eigenvalue weighted by atomic mass is 9.72. The lowest BCUT2D eigenvalue weighted by molar-refractivity contribution is 0.0934. The lowest BCUT2D eigenvalue weighted by Crippen LogP contribution is -2.38. The molecule has 0 unspecified atom stereocenters. The Hall–Kier alpha value is -1.05. The van der Waals surface area contributed by atoms with Crippen molar-refractivity contribution < 1.29 is 9.90 Å². The largest absolute Gasteiger partial charge is 0.507 e. The summed E-state index contributed by atoms with van der Waals surface area (Å²) in [5, 5.41) is 17.5. The number of phenols is 1. The van der Waals surface area contributed by atoms with Gasteiger partial charge in [-0.05, 0) is 64.2 Å². The zero-order chi connectivity index (χ0) is 19.5. The Labute approximate surface area is 180 Å². The van der Waals surface area contributed by atoms with E-state index in [0.717, 1.165) is 39.9 Å². The fourth-order valence-corrected chi connectivity index (χ4v) is 6.54. The molecule has 3 N–H and O–H groups in total. The van der Waals surface area contributed by atoms with Gasteiger partial charge >= 0.3 is 0 Å². The number of hydrogen-bond donors (Lipinski definition) is 3. The standard InChI is InChI=1S/C20H22Br2N2O2S/c1-20(2,3)9-4-5-10-15(6-9)27-19-16(10)18(26)23-17(24-19)11-7-14(25)13(22)8-12(11)21/h7-9,17,24-25H,4-6H2,1-3H3,(H,23,26)/t9-,17+/m0/s1. The van der Waals surface area contributed by atoms with Gasteiger partial charge in [-0.25, -0.2) is 0 Å². The van der Waals surface area contributed by atoms with E-state index >= 15 is 0 Å². The summed E-state index contributed by atoms with van der Waals surface area (Å²) < 4.78 is 1.43. The van der Waals surface area contributed by atoms with Crippen LogP contribution in [0.25, 0.3) is 0 Å². The first kappa shape index (κ1) is 19.3. The molecule has 1 aliphatic heterocycles. The Kier molecular flexibility index (Phi) is 4.84. The minimum atomic E-state index is -0.378. The number of anilines is 1. The van der Waals surface area contributed by atoms with E-state index in [2.05, 4.69) is 63.3 Å². The van der Waals surface area contributed by atoms with Crippen LogP contribution >= 0.6 is 43.2 Å². The summed E-state index contributed by atoms with van der Waals surface area (Å²) in [5.41, 5.74) is 3.11. The summed E-state index contributed by atoms with van der Waals surface area (Å²) in [7, 11) is 0. The van der Waals surface area contributed by atoms with Gasteiger partial charge in [0.25, 0.3) is 5.91 Å². The molecule has 7 heteroatoms. The monoisotopic (exact) mass is 512 g/mol. The molecule has 0 bridgehead atoms. The van der Waals surface area contributed by atoms with Crippen LogP contribution in [0.2, 0.25) is 0 Å². The zero-order valence-electron chi connectivity index (χ0n) is 15.5. The fraction of sp³-hybridized carbons (Fsp3) is 0.450. The average molecular weight is 514 g/mol. The molecular formula is C20H22Br2N2O2S. The Bertz CT molecular complexity index is 933.